The van der Waals surface area contributed by atoms with Gasteiger partial charge < -0.3 is 13.7 Å². The van der Waals surface area contributed by atoms with E-state index in [9.17, 15) is 0 Å². The summed E-state index contributed by atoms with van der Waals surface area (Å²) in [5, 5.41) is 4.45. The fraction of sp³-hybridized carbons (Fsp3) is 0.0769. The van der Waals surface area contributed by atoms with Gasteiger partial charge in [-0.1, -0.05) is 166 Å². The van der Waals surface area contributed by atoms with Crippen molar-refractivity contribution in [2.75, 3.05) is 4.90 Å². The Balaban J connectivity index is 1.07. The molecule has 11 aromatic rings. The van der Waals surface area contributed by atoms with Crippen LogP contribution in [0.1, 0.15) is 53.6 Å². The fourth-order valence-electron chi connectivity index (χ4n) is 12.2. The van der Waals surface area contributed by atoms with Crippen molar-refractivity contribution in [3.8, 4) is 33.4 Å². The Morgan fingerprint density at radius 2 is 0.941 bits per heavy atom. The molecule has 322 valence electrons. The molecule has 0 saturated carbocycles. The van der Waals surface area contributed by atoms with Crippen LogP contribution in [0, 0.1) is 0 Å². The highest BCUT2D eigenvalue weighted by Gasteiger charge is 2.46. The lowest BCUT2D eigenvalue weighted by Crippen LogP contribution is -2.27. The van der Waals surface area contributed by atoms with Crippen molar-refractivity contribution in [3.63, 3.8) is 0 Å². The van der Waals surface area contributed by atoms with E-state index in [0.717, 1.165) is 89.6 Å². The van der Waals surface area contributed by atoms with Crippen molar-refractivity contribution in [1.29, 1.82) is 0 Å². The molecule has 1 spiro atoms. The van der Waals surface area contributed by atoms with Crippen LogP contribution in [0.15, 0.2) is 228 Å². The van der Waals surface area contributed by atoms with Gasteiger partial charge in [-0.2, -0.15) is 0 Å². The third-order valence-corrected chi connectivity index (χ3v) is 15.4. The van der Waals surface area contributed by atoms with Crippen LogP contribution < -0.4 is 4.90 Å². The SMILES string of the molecule is C=C1/C=C\C=C/CC2(c3ccc(N(c4ccc5c(c4)C(C)(C)c4ccccc4-5)c4ccc5oc6ccccc6c5c4)cc3-c3ccccc31)c1ccccc1-c1cc3oc4ccccc4c3cc12. The molecule has 0 aliphatic heterocycles. The molecule has 3 aliphatic carbocycles. The van der Waals surface area contributed by atoms with E-state index in [0.29, 0.717) is 0 Å². The zero-order valence-corrected chi connectivity index (χ0v) is 37.9. The minimum atomic E-state index is -0.557. The number of benzene rings is 9. The maximum Gasteiger partial charge on any atom is 0.136 e. The number of hydrogen-bond donors (Lipinski definition) is 0. The summed E-state index contributed by atoms with van der Waals surface area (Å²) in [5.74, 6) is 0. The zero-order valence-electron chi connectivity index (χ0n) is 37.9. The van der Waals surface area contributed by atoms with Gasteiger partial charge in [-0.3, -0.25) is 0 Å². The smallest absolute Gasteiger partial charge is 0.136 e. The second-order valence-electron chi connectivity index (χ2n) is 19.2. The maximum atomic E-state index is 6.58. The zero-order chi connectivity index (χ0) is 45.3. The molecular weight excluding hydrogens is 827 g/mol. The number of allylic oxidation sites excluding steroid dienone is 5. The number of rotatable bonds is 3. The lowest BCUT2D eigenvalue weighted by Gasteiger charge is -2.36. The number of fused-ring (bicyclic) bond motifs is 18. The minimum Gasteiger partial charge on any atom is -0.456 e. The van der Waals surface area contributed by atoms with Gasteiger partial charge >= 0.3 is 0 Å². The lowest BCUT2D eigenvalue weighted by molar-refractivity contribution is 0.646. The highest BCUT2D eigenvalue weighted by atomic mass is 16.3. The van der Waals surface area contributed by atoms with Crippen LogP contribution in [-0.2, 0) is 10.8 Å². The van der Waals surface area contributed by atoms with Crippen LogP contribution in [-0.4, -0.2) is 0 Å². The molecule has 3 nitrogen and oxygen atoms in total. The quantitative estimate of drug-likeness (QED) is 0.177. The molecule has 68 heavy (non-hydrogen) atoms. The Labute approximate surface area is 395 Å². The van der Waals surface area contributed by atoms with Crippen LogP contribution in [0.25, 0.3) is 82.8 Å². The summed E-state index contributed by atoms with van der Waals surface area (Å²) >= 11 is 0. The molecule has 3 aliphatic rings. The largest absolute Gasteiger partial charge is 0.456 e. The van der Waals surface area contributed by atoms with Gasteiger partial charge in [-0.05, 0) is 145 Å². The molecule has 0 fully saturated rings. The number of nitrogens with zero attached hydrogens (tertiary/aromatic N) is 1. The second kappa shape index (κ2) is 14.3. The summed E-state index contributed by atoms with van der Waals surface area (Å²) < 4.78 is 13.0. The summed E-state index contributed by atoms with van der Waals surface area (Å²) in [6.07, 6.45) is 9.59. The van der Waals surface area contributed by atoms with E-state index in [2.05, 4.69) is 232 Å². The van der Waals surface area contributed by atoms with Gasteiger partial charge in [0.2, 0.25) is 0 Å². The normalized spacial score (nSPS) is 17.4. The van der Waals surface area contributed by atoms with E-state index in [1.54, 1.807) is 0 Å². The number of anilines is 3. The van der Waals surface area contributed by atoms with Crippen molar-refractivity contribution in [1.82, 2.24) is 0 Å². The Bertz CT molecular complexity index is 4020. The first kappa shape index (κ1) is 38.8. The van der Waals surface area contributed by atoms with E-state index in [1.165, 1.54) is 50.1 Å². The van der Waals surface area contributed by atoms with Crippen LogP contribution in [0.2, 0.25) is 0 Å². The van der Waals surface area contributed by atoms with Gasteiger partial charge in [0.15, 0.2) is 0 Å². The topological polar surface area (TPSA) is 29.5 Å². The standard InChI is InChI=1S/C65H45NO2/c1-40-17-5-4-16-34-65(56-25-13-9-21-47(56)52-39-63-54(38-59(52)65)50-23-11-15-27-61(50)68-63)57-32-29-41(35-51(57)45-19-7-6-18-44(40)45)66(42-30-33-62-53(36-42)49-22-10-14-26-60(49)67-62)43-28-31-48-46-20-8-12-24-55(46)64(2,3)58(48)37-43/h4-33,35-39H,1,34H2,2-3H3/b16-4-,17-5-. The first-order valence-corrected chi connectivity index (χ1v) is 23.6. The van der Waals surface area contributed by atoms with E-state index >= 15 is 0 Å². The monoisotopic (exact) mass is 871 g/mol. The van der Waals surface area contributed by atoms with Crippen molar-refractivity contribution in [3.05, 3.63) is 252 Å². The van der Waals surface area contributed by atoms with E-state index in [1.807, 2.05) is 6.07 Å². The van der Waals surface area contributed by atoms with Gasteiger partial charge in [0.05, 0.1) is 5.41 Å². The van der Waals surface area contributed by atoms with Gasteiger partial charge in [0.25, 0.3) is 0 Å². The van der Waals surface area contributed by atoms with Crippen LogP contribution in [0.5, 0.6) is 0 Å². The van der Waals surface area contributed by atoms with Crippen molar-refractivity contribution in [2.24, 2.45) is 0 Å². The van der Waals surface area contributed by atoms with Gasteiger partial charge in [-0.15, -0.1) is 0 Å². The Morgan fingerprint density at radius 3 is 1.74 bits per heavy atom. The van der Waals surface area contributed by atoms with Gasteiger partial charge in [0, 0.05) is 44.0 Å². The molecule has 0 saturated heterocycles. The molecule has 3 heteroatoms. The molecule has 0 radical (unpaired) electrons. The predicted octanol–water partition coefficient (Wildman–Crippen LogP) is 17.8. The van der Waals surface area contributed by atoms with E-state index in [4.69, 9.17) is 8.83 Å². The summed E-state index contributed by atoms with van der Waals surface area (Å²) in [4.78, 5) is 2.45. The van der Waals surface area contributed by atoms with Crippen LogP contribution in [0.4, 0.5) is 17.1 Å². The molecule has 9 aromatic carbocycles. The predicted molar refractivity (Wildman–Crippen MR) is 282 cm³/mol. The Kier molecular flexibility index (Phi) is 8.17. The van der Waals surface area contributed by atoms with Gasteiger partial charge in [0.1, 0.15) is 22.3 Å². The lowest BCUT2D eigenvalue weighted by atomic mass is 9.67. The van der Waals surface area contributed by atoms with Gasteiger partial charge in [-0.25, -0.2) is 0 Å². The molecular formula is C65H45NO2. The molecule has 1 atom stereocenters. The Hall–Kier alpha value is -8.40. The van der Waals surface area contributed by atoms with E-state index < -0.39 is 5.41 Å². The highest BCUT2D eigenvalue weighted by molar-refractivity contribution is 6.09. The highest BCUT2D eigenvalue weighted by Crippen LogP contribution is 2.59. The van der Waals surface area contributed by atoms with Crippen LogP contribution >= 0.6 is 0 Å². The fourth-order valence-corrected chi connectivity index (χ4v) is 12.2. The third-order valence-electron chi connectivity index (χ3n) is 15.4. The second-order valence-corrected chi connectivity index (χ2v) is 19.2. The molecule has 2 heterocycles. The molecule has 1 unspecified atom stereocenters. The molecule has 14 rings (SSSR count). The van der Waals surface area contributed by atoms with Crippen molar-refractivity contribution in [2.45, 2.75) is 31.1 Å². The summed E-state index contributed by atoms with van der Waals surface area (Å²) in [5.41, 5.74) is 22.0. The molecule has 0 bridgehead atoms. The third kappa shape index (κ3) is 5.41. The average molecular weight is 872 g/mol. The first-order valence-electron chi connectivity index (χ1n) is 23.6. The van der Waals surface area contributed by atoms with Crippen molar-refractivity contribution < 1.29 is 8.83 Å². The van der Waals surface area contributed by atoms with Crippen LogP contribution in [0.3, 0.4) is 0 Å². The minimum absolute atomic E-state index is 0.179. The summed E-state index contributed by atoms with van der Waals surface area (Å²) in [6.45, 7) is 9.39. The summed E-state index contributed by atoms with van der Waals surface area (Å²) in [6, 6.07) is 69.2. The summed E-state index contributed by atoms with van der Waals surface area (Å²) in [7, 11) is 0. The number of furan rings is 2. The first-order chi connectivity index (χ1) is 33.4. The number of para-hydroxylation sites is 2. The molecule has 0 amide bonds. The number of hydrogen-bond acceptors (Lipinski definition) is 3. The average Bonchev–Trinajstić information content (AvgIpc) is 4.08. The molecule has 2 aromatic heterocycles. The van der Waals surface area contributed by atoms with E-state index in [-0.39, 0.29) is 5.41 Å². The van der Waals surface area contributed by atoms with Crippen molar-refractivity contribution >= 4 is 66.5 Å². The maximum absolute atomic E-state index is 6.58. The molecule has 0 N–H and O–H groups in total. The Morgan fingerprint density at radius 1 is 0.397 bits per heavy atom.